The summed E-state index contributed by atoms with van der Waals surface area (Å²) in [4.78, 5) is 31.1. The van der Waals surface area contributed by atoms with Crippen LogP contribution in [0.15, 0.2) is 78.0 Å². The van der Waals surface area contributed by atoms with Gasteiger partial charge < -0.3 is 20.8 Å². The number of hydrogen-bond donors (Lipinski definition) is 3. The molecule has 0 atom stereocenters. The van der Waals surface area contributed by atoms with Gasteiger partial charge in [-0.15, -0.1) is 0 Å². The van der Waals surface area contributed by atoms with E-state index in [1.54, 1.807) is 36.0 Å². The van der Waals surface area contributed by atoms with Crippen molar-refractivity contribution in [1.82, 2.24) is 9.97 Å². The molecule has 1 heterocycles. The molecule has 0 spiro atoms. The number of para-hydroxylation sites is 2. The Hall–Kier alpha value is -3.78. The van der Waals surface area contributed by atoms with E-state index in [0.717, 1.165) is 27.5 Å². The zero-order valence-corrected chi connectivity index (χ0v) is 18.0. The Balaban J connectivity index is 1.29. The van der Waals surface area contributed by atoms with Gasteiger partial charge in [-0.3, -0.25) is 9.59 Å². The van der Waals surface area contributed by atoms with Crippen molar-refractivity contribution < 1.29 is 14.3 Å². The summed E-state index contributed by atoms with van der Waals surface area (Å²) in [5, 5.41) is 3.73. The lowest BCUT2D eigenvalue weighted by Crippen LogP contribution is -2.14. The normalized spacial score (nSPS) is 10.8. The fourth-order valence-electron chi connectivity index (χ4n) is 3.01. The second-order valence-electron chi connectivity index (χ2n) is 7.09. The Kier molecular flexibility index (Phi) is 6.72. The maximum absolute atomic E-state index is 12.5. The summed E-state index contributed by atoms with van der Waals surface area (Å²) >= 11 is 1.62. The first kappa shape index (κ1) is 21.5. The predicted octanol–water partition coefficient (Wildman–Crippen LogP) is 4.36. The Bertz CT molecular complexity index is 1190. The summed E-state index contributed by atoms with van der Waals surface area (Å²) in [6.07, 6.45) is 0.158. The van der Waals surface area contributed by atoms with Gasteiger partial charge in [-0.25, -0.2) is 4.98 Å². The molecule has 0 bridgehead atoms. The lowest BCUT2D eigenvalue weighted by Gasteiger charge is -2.08. The van der Waals surface area contributed by atoms with E-state index in [4.69, 9.17) is 10.5 Å². The van der Waals surface area contributed by atoms with Gasteiger partial charge in [0.15, 0.2) is 5.16 Å². The fourth-order valence-corrected chi connectivity index (χ4v) is 3.85. The lowest BCUT2D eigenvalue weighted by atomic mass is 10.1. The molecule has 4 aromatic rings. The third kappa shape index (κ3) is 5.67. The van der Waals surface area contributed by atoms with Crippen molar-refractivity contribution in [1.29, 1.82) is 0 Å². The van der Waals surface area contributed by atoms with E-state index in [1.165, 1.54) is 0 Å². The molecular weight excluding hydrogens is 424 g/mol. The highest BCUT2D eigenvalue weighted by atomic mass is 32.2. The maximum atomic E-state index is 12.5. The lowest BCUT2D eigenvalue weighted by molar-refractivity contribution is -0.118. The number of nitrogens with two attached hydrogens (primary N) is 1. The fraction of sp³-hybridized carbons (Fsp3) is 0.125. The van der Waals surface area contributed by atoms with E-state index in [-0.39, 0.29) is 18.9 Å². The highest BCUT2D eigenvalue weighted by molar-refractivity contribution is 7.98. The zero-order chi connectivity index (χ0) is 22.3. The number of hydrogen-bond acceptors (Lipinski definition) is 5. The average molecular weight is 447 g/mol. The summed E-state index contributed by atoms with van der Waals surface area (Å²) < 4.78 is 5.42. The molecule has 2 amide bonds. The number of primary amides is 1. The van der Waals surface area contributed by atoms with Crippen LogP contribution in [0.1, 0.15) is 22.3 Å². The second kappa shape index (κ2) is 10.0. The molecule has 0 aliphatic heterocycles. The maximum Gasteiger partial charge on any atom is 0.255 e. The number of carbonyl (C=O) groups is 2. The average Bonchev–Trinajstić information content (AvgIpc) is 3.22. The Labute approximate surface area is 189 Å². The van der Waals surface area contributed by atoms with E-state index in [2.05, 4.69) is 15.3 Å². The van der Waals surface area contributed by atoms with Crippen LogP contribution in [0.4, 0.5) is 5.69 Å². The third-order valence-corrected chi connectivity index (χ3v) is 5.63. The highest BCUT2D eigenvalue weighted by Crippen LogP contribution is 2.23. The van der Waals surface area contributed by atoms with Crippen LogP contribution in [-0.2, 0) is 10.5 Å². The minimum atomic E-state index is -0.409. The first-order valence-electron chi connectivity index (χ1n) is 10.1. The van der Waals surface area contributed by atoms with Crippen LogP contribution >= 0.6 is 11.8 Å². The van der Waals surface area contributed by atoms with Crippen molar-refractivity contribution in [2.24, 2.45) is 5.73 Å². The molecule has 0 aliphatic carbocycles. The smallest absolute Gasteiger partial charge is 0.255 e. The van der Waals surface area contributed by atoms with Crippen LogP contribution in [0, 0.1) is 0 Å². The van der Waals surface area contributed by atoms with Gasteiger partial charge in [-0.2, -0.15) is 0 Å². The van der Waals surface area contributed by atoms with Crippen LogP contribution in [0.5, 0.6) is 5.75 Å². The van der Waals surface area contributed by atoms with Crippen LogP contribution in [0.25, 0.3) is 11.0 Å². The van der Waals surface area contributed by atoms with Crippen LogP contribution in [0.3, 0.4) is 0 Å². The Morgan fingerprint density at radius 1 is 1.00 bits per heavy atom. The minimum absolute atomic E-state index is 0.158. The quantitative estimate of drug-likeness (QED) is 0.331. The van der Waals surface area contributed by atoms with Crippen LogP contribution < -0.4 is 15.8 Å². The van der Waals surface area contributed by atoms with Gasteiger partial charge in [0.2, 0.25) is 5.91 Å². The van der Waals surface area contributed by atoms with E-state index in [1.807, 2.05) is 48.5 Å². The predicted molar refractivity (Wildman–Crippen MR) is 126 cm³/mol. The number of carbonyl (C=O) groups excluding carboxylic acids is 2. The van der Waals surface area contributed by atoms with E-state index in [0.29, 0.717) is 17.0 Å². The number of imidazole rings is 1. The number of ether oxygens (including phenoxy) is 1. The van der Waals surface area contributed by atoms with E-state index >= 15 is 0 Å². The van der Waals surface area contributed by atoms with Crippen LogP contribution in [0.2, 0.25) is 0 Å². The number of nitrogens with zero attached hydrogens (tertiary/aromatic N) is 1. The van der Waals surface area contributed by atoms with Gasteiger partial charge in [0.25, 0.3) is 5.91 Å². The largest absolute Gasteiger partial charge is 0.493 e. The van der Waals surface area contributed by atoms with Crippen molar-refractivity contribution in [3.8, 4) is 5.75 Å². The number of amides is 2. The number of rotatable bonds is 9. The third-order valence-electron chi connectivity index (χ3n) is 4.69. The second-order valence-corrected chi connectivity index (χ2v) is 8.05. The van der Waals surface area contributed by atoms with Crippen molar-refractivity contribution in [3.05, 3.63) is 83.9 Å². The first-order chi connectivity index (χ1) is 15.6. The molecule has 0 fully saturated rings. The molecule has 8 heteroatoms. The van der Waals surface area contributed by atoms with E-state index < -0.39 is 5.91 Å². The molecule has 32 heavy (non-hydrogen) atoms. The number of benzene rings is 3. The molecule has 162 valence electrons. The molecule has 0 aliphatic rings. The molecule has 0 saturated heterocycles. The minimum Gasteiger partial charge on any atom is -0.493 e. The molecule has 4 rings (SSSR count). The summed E-state index contributed by atoms with van der Waals surface area (Å²) in [6.45, 7) is 0.224. The van der Waals surface area contributed by atoms with E-state index in [9.17, 15) is 9.59 Å². The van der Waals surface area contributed by atoms with Gasteiger partial charge in [-0.1, -0.05) is 36.0 Å². The van der Waals surface area contributed by atoms with Gasteiger partial charge in [0, 0.05) is 17.0 Å². The van der Waals surface area contributed by atoms with Crippen LogP contribution in [-0.4, -0.2) is 28.4 Å². The van der Waals surface area contributed by atoms with Crippen molar-refractivity contribution in [3.63, 3.8) is 0 Å². The standard InChI is InChI=1S/C24H22N4O3S/c25-22(29)13-14-31-19-11-9-18(10-12-19)26-23(30)17-7-5-16(6-8-17)15-32-24-27-20-3-1-2-4-21(20)28-24/h1-12H,13-15H2,(H2,25,29)(H,26,30)(H,27,28). The monoisotopic (exact) mass is 446 g/mol. The molecule has 7 nitrogen and oxygen atoms in total. The zero-order valence-electron chi connectivity index (χ0n) is 17.2. The summed E-state index contributed by atoms with van der Waals surface area (Å²) in [5.41, 5.74) is 9.39. The molecule has 0 radical (unpaired) electrons. The number of aromatic nitrogens is 2. The molecular formula is C24H22N4O3S. The summed E-state index contributed by atoms with van der Waals surface area (Å²) in [7, 11) is 0. The SMILES string of the molecule is NC(=O)CCOc1ccc(NC(=O)c2ccc(CSc3nc4ccccc4[nH]3)cc2)cc1. The number of H-pyrrole nitrogens is 1. The number of thioether (sulfide) groups is 1. The van der Waals surface area contributed by atoms with Crippen molar-refractivity contribution in [2.75, 3.05) is 11.9 Å². The summed E-state index contributed by atoms with van der Waals surface area (Å²) in [5.74, 6) is 0.756. The molecule has 4 N–H and O–H groups in total. The number of aromatic amines is 1. The van der Waals surface area contributed by atoms with Gasteiger partial charge in [0.05, 0.1) is 24.1 Å². The molecule has 3 aromatic carbocycles. The topological polar surface area (TPSA) is 110 Å². The molecule has 1 aromatic heterocycles. The molecule has 0 saturated carbocycles. The van der Waals surface area contributed by atoms with Gasteiger partial charge >= 0.3 is 0 Å². The van der Waals surface area contributed by atoms with Gasteiger partial charge in [-0.05, 0) is 54.1 Å². The number of fused-ring (bicyclic) bond motifs is 1. The first-order valence-corrected chi connectivity index (χ1v) is 11.0. The summed E-state index contributed by atoms with van der Waals surface area (Å²) in [6, 6.07) is 22.4. The van der Waals surface area contributed by atoms with Gasteiger partial charge in [0.1, 0.15) is 5.75 Å². The number of nitrogens with one attached hydrogen (secondary N) is 2. The number of anilines is 1. The van der Waals surface area contributed by atoms with Crippen molar-refractivity contribution >= 4 is 40.3 Å². The molecule has 0 unspecified atom stereocenters. The van der Waals surface area contributed by atoms with Crippen molar-refractivity contribution in [2.45, 2.75) is 17.3 Å². The highest BCUT2D eigenvalue weighted by Gasteiger charge is 2.08. The Morgan fingerprint density at radius 2 is 1.75 bits per heavy atom. The Morgan fingerprint density at radius 3 is 2.47 bits per heavy atom.